The van der Waals surface area contributed by atoms with Gasteiger partial charge in [-0.2, -0.15) is 18.2 Å². The Balaban J connectivity index is 1.30. The molecule has 2 amide bonds. The fraction of sp³-hybridized carbons (Fsp3) is 0.571. The molecule has 49 heavy (non-hydrogen) atoms. The van der Waals surface area contributed by atoms with Gasteiger partial charge in [0, 0.05) is 47.1 Å². The molecule has 14 heteroatoms. The van der Waals surface area contributed by atoms with Crippen LogP contribution in [0.5, 0.6) is 0 Å². The fourth-order valence-corrected chi connectivity index (χ4v) is 9.37. The molecule has 0 spiro atoms. The average molecular weight is 765 g/mol. The van der Waals surface area contributed by atoms with E-state index in [1.165, 1.54) is 54.1 Å². The number of hydrogen-bond donors (Lipinski definition) is 1. The van der Waals surface area contributed by atoms with Crippen LogP contribution in [0.15, 0.2) is 58.0 Å². The Morgan fingerprint density at radius 2 is 1.67 bits per heavy atom. The molecule has 3 heterocycles. The van der Waals surface area contributed by atoms with Gasteiger partial charge in [-0.15, -0.1) is 0 Å². The van der Waals surface area contributed by atoms with Crippen LogP contribution >= 0.6 is 15.9 Å². The summed E-state index contributed by atoms with van der Waals surface area (Å²) in [7, 11) is -3.55. The standard InChI is InChI=1S/C35H44BrF2N5O5S/c1-34(2,3)48-33(45)40-26-18-27-13-14-28(19-26)43(27)32(44)31(35(37,38)24-9-11-25(36)12-10-24)41(4)49(46,47)29-15-16-30-23(17-29)20-39-42(30)21-22-7-5-6-8-22/h9-12,15-17,20,22,26-28,31H,5-8,13-14,18-19,21H2,1-4H3,(H,40,45). The van der Waals surface area contributed by atoms with Crippen LogP contribution in [0.25, 0.3) is 10.9 Å². The van der Waals surface area contributed by atoms with Crippen molar-refractivity contribution < 1.29 is 31.5 Å². The molecule has 1 aromatic heterocycles. The first kappa shape index (κ1) is 35.7. The molecule has 2 bridgehead atoms. The van der Waals surface area contributed by atoms with Crippen molar-refractivity contribution in [3.63, 3.8) is 0 Å². The van der Waals surface area contributed by atoms with Gasteiger partial charge in [0.2, 0.25) is 15.9 Å². The SMILES string of the molecule is CN(C(C(=O)N1C2CCC1CC(NC(=O)OC(C)(C)C)C2)C(F)(F)c1ccc(Br)cc1)S(=O)(=O)c1ccc2c(cnn2CC2CCCC2)c1. The molecule has 1 aliphatic carbocycles. The van der Waals surface area contributed by atoms with E-state index < -0.39 is 57.2 Å². The highest BCUT2D eigenvalue weighted by molar-refractivity contribution is 9.10. The minimum Gasteiger partial charge on any atom is -0.444 e. The van der Waals surface area contributed by atoms with Gasteiger partial charge in [-0.05, 0) is 95.5 Å². The first-order valence-electron chi connectivity index (χ1n) is 16.9. The maximum absolute atomic E-state index is 16.7. The summed E-state index contributed by atoms with van der Waals surface area (Å²) in [5, 5.41) is 7.93. The first-order valence-corrected chi connectivity index (χ1v) is 19.2. The number of amides is 2. The van der Waals surface area contributed by atoms with Gasteiger partial charge in [-0.3, -0.25) is 9.48 Å². The zero-order chi connectivity index (χ0) is 35.3. The van der Waals surface area contributed by atoms with Crippen LogP contribution in [-0.2, 0) is 32.0 Å². The molecule has 1 N–H and O–H groups in total. The van der Waals surface area contributed by atoms with Crippen molar-refractivity contribution in [3.05, 3.63) is 58.7 Å². The van der Waals surface area contributed by atoms with Crippen molar-refractivity contribution in [2.45, 2.75) is 119 Å². The van der Waals surface area contributed by atoms with E-state index in [9.17, 15) is 18.0 Å². The lowest BCUT2D eigenvalue weighted by atomic mass is 9.94. The average Bonchev–Trinajstić information content (AvgIpc) is 3.74. The second kappa shape index (κ2) is 13.6. The van der Waals surface area contributed by atoms with Crippen molar-refractivity contribution >= 4 is 48.9 Å². The lowest BCUT2D eigenvalue weighted by Crippen LogP contribution is -2.61. The van der Waals surface area contributed by atoms with Crippen LogP contribution < -0.4 is 5.32 Å². The Hall–Kier alpha value is -3.10. The van der Waals surface area contributed by atoms with E-state index in [1.807, 2.05) is 4.68 Å². The summed E-state index contributed by atoms with van der Waals surface area (Å²) in [5.74, 6) is -4.34. The topological polar surface area (TPSA) is 114 Å². The molecule has 6 rings (SSSR count). The van der Waals surface area contributed by atoms with Crippen LogP contribution in [0.2, 0.25) is 0 Å². The largest absolute Gasteiger partial charge is 0.444 e. The molecule has 3 unspecified atom stereocenters. The molecule has 1 saturated carbocycles. The molecule has 3 fully saturated rings. The summed E-state index contributed by atoms with van der Waals surface area (Å²) in [5.41, 5.74) is -0.406. The second-order valence-corrected chi connectivity index (χ2v) is 17.6. The number of alkyl carbamates (subject to hydrolysis) is 1. The Morgan fingerprint density at radius 1 is 1.04 bits per heavy atom. The van der Waals surface area contributed by atoms with E-state index >= 15 is 8.78 Å². The highest BCUT2D eigenvalue weighted by Crippen LogP contribution is 2.43. The van der Waals surface area contributed by atoms with Gasteiger partial charge >= 0.3 is 6.09 Å². The van der Waals surface area contributed by atoms with Gasteiger partial charge in [-0.25, -0.2) is 13.2 Å². The number of alkyl halides is 2. The van der Waals surface area contributed by atoms with E-state index in [-0.39, 0.29) is 10.9 Å². The Morgan fingerprint density at radius 3 is 2.29 bits per heavy atom. The number of carbonyl (C=O) groups excluding carboxylic acids is 2. The number of hydrogen-bond acceptors (Lipinski definition) is 6. The summed E-state index contributed by atoms with van der Waals surface area (Å²) < 4.78 is 70.3. The van der Waals surface area contributed by atoms with Crippen LogP contribution in [0.4, 0.5) is 13.6 Å². The molecular formula is C35H44BrF2N5O5S. The Kier molecular flexibility index (Phi) is 9.88. The van der Waals surface area contributed by atoms with E-state index in [0.29, 0.717) is 45.8 Å². The predicted octanol–water partition coefficient (Wildman–Crippen LogP) is 6.82. The first-order chi connectivity index (χ1) is 23.0. The molecule has 3 aromatic rings. The number of benzene rings is 2. The van der Waals surface area contributed by atoms with Crippen molar-refractivity contribution in [3.8, 4) is 0 Å². The summed E-state index contributed by atoms with van der Waals surface area (Å²) in [6.07, 6.45) is 7.43. The molecule has 2 aromatic carbocycles. The van der Waals surface area contributed by atoms with Gasteiger partial charge in [0.15, 0.2) is 6.04 Å². The van der Waals surface area contributed by atoms with E-state index in [4.69, 9.17) is 4.74 Å². The van der Waals surface area contributed by atoms with Crippen LogP contribution in [0.1, 0.15) is 77.7 Å². The number of halogens is 3. The predicted molar refractivity (Wildman–Crippen MR) is 185 cm³/mol. The molecule has 2 aliphatic heterocycles. The van der Waals surface area contributed by atoms with Gasteiger partial charge in [0.05, 0.1) is 16.6 Å². The number of sulfonamides is 1. The molecule has 10 nitrogen and oxygen atoms in total. The number of ether oxygens (including phenoxy) is 1. The summed E-state index contributed by atoms with van der Waals surface area (Å²) in [6.45, 7) is 6.01. The van der Waals surface area contributed by atoms with E-state index in [1.54, 1.807) is 33.0 Å². The summed E-state index contributed by atoms with van der Waals surface area (Å²) >= 11 is 3.27. The molecule has 3 aliphatic rings. The smallest absolute Gasteiger partial charge is 0.407 e. The quantitative estimate of drug-likeness (QED) is 0.256. The zero-order valence-corrected chi connectivity index (χ0v) is 30.6. The number of rotatable bonds is 9. The summed E-state index contributed by atoms with van der Waals surface area (Å²) in [4.78, 5) is 28.2. The number of likely N-dealkylation sites (N-methyl/N-ethyl adjacent to an activating group) is 1. The molecular weight excluding hydrogens is 720 g/mol. The molecule has 266 valence electrons. The van der Waals surface area contributed by atoms with E-state index in [0.717, 1.165) is 32.0 Å². The van der Waals surface area contributed by atoms with Crippen molar-refractivity contribution in [2.24, 2.45) is 5.92 Å². The third-order valence-electron chi connectivity index (χ3n) is 10.1. The Bertz CT molecular complexity index is 1790. The maximum Gasteiger partial charge on any atom is 0.407 e. The van der Waals surface area contributed by atoms with E-state index in [2.05, 4.69) is 26.3 Å². The number of fused-ring (bicyclic) bond motifs is 3. The normalized spacial score (nSPS) is 22.5. The highest BCUT2D eigenvalue weighted by atomic mass is 79.9. The minimum absolute atomic E-state index is 0.199. The molecule has 0 radical (unpaired) electrons. The number of nitrogens with zero attached hydrogens (tertiary/aromatic N) is 4. The Labute approximate surface area is 294 Å². The van der Waals surface area contributed by atoms with Crippen LogP contribution in [0.3, 0.4) is 0 Å². The van der Waals surface area contributed by atoms with Gasteiger partial charge in [0.25, 0.3) is 5.92 Å². The number of aromatic nitrogens is 2. The second-order valence-electron chi connectivity index (χ2n) is 14.7. The molecule has 3 atom stereocenters. The third-order valence-corrected chi connectivity index (χ3v) is 12.4. The molecule has 2 saturated heterocycles. The fourth-order valence-electron chi connectivity index (χ4n) is 7.75. The summed E-state index contributed by atoms with van der Waals surface area (Å²) in [6, 6.07) is 6.19. The van der Waals surface area contributed by atoms with Crippen molar-refractivity contribution in [1.29, 1.82) is 0 Å². The van der Waals surface area contributed by atoms with Gasteiger partial charge < -0.3 is 15.0 Å². The van der Waals surface area contributed by atoms with Gasteiger partial charge in [-0.1, -0.05) is 40.9 Å². The zero-order valence-electron chi connectivity index (χ0n) is 28.2. The number of carbonyl (C=O) groups is 2. The number of nitrogens with one attached hydrogen (secondary N) is 1. The number of piperidine rings is 1. The van der Waals surface area contributed by atoms with Crippen molar-refractivity contribution in [2.75, 3.05) is 7.05 Å². The monoisotopic (exact) mass is 763 g/mol. The third kappa shape index (κ3) is 7.37. The van der Waals surface area contributed by atoms with Gasteiger partial charge in [0.1, 0.15) is 5.60 Å². The van der Waals surface area contributed by atoms with Crippen LogP contribution in [0, 0.1) is 5.92 Å². The van der Waals surface area contributed by atoms with Crippen LogP contribution in [-0.4, -0.2) is 76.2 Å². The van der Waals surface area contributed by atoms with Crippen molar-refractivity contribution in [1.82, 2.24) is 24.3 Å². The lowest BCUT2D eigenvalue weighted by molar-refractivity contribution is -0.155. The highest BCUT2D eigenvalue weighted by Gasteiger charge is 2.56. The lowest BCUT2D eigenvalue weighted by Gasteiger charge is -2.43. The minimum atomic E-state index is -4.60. The maximum atomic E-state index is 16.7.